The van der Waals surface area contributed by atoms with Crippen LogP contribution in [0.3, 0.4) is 0 Å². The first-order valence-corrected chi connectivity index (χ1v) is 5.33. The number of halogens is 1. The smallest absolute Gasteiger partial charge is 0.0303 e. The summed E-state index contributed by atoms with van der Waals surface area (Å²) in [4.78, 5) is 4.81. The van der Waals surface area contributed by atoms with Crippen molar-refractivity contribution < 1.29 is 0 Å². The molecule has 0 N–H and O–H groups in total. The van der Waals surface area contributed by atoms with Gasteiger partial charge in [0.25, 0.3) is 0 Å². The maximum absolute atomic E-state index is 4.14. The second-order valence-corrected chi connectivity index (χ2v) is 4.52. The zero-order chi connectivity index (χ0) is 8.39. The van der Waals surface area contributed by atoms with E-state index in [1.165, 1.54) is 24.8 Å². The number of alkyl halides is 1. The molecule has 1 aromatic heterocycles. The van der Waals surface area contributed by atoms with Gasteiger partial charge in [-0.25, -0.2) is 0 Å². The van der Waals surface area contributed by atoms with Crippen molar-refractivity contribution in [1.82, 2.24) is 4.98 Å². The summed E-state index contributed by atoms with van der Waals surface area (Å²) in [6.07, 6.45) is 7.78. The topological polar surface area (TPSA) is 12.9 Å². The van der Waals surface area contributed by atoms with Crippen molar-refractivity contribution in [3.63, 3.8) is 0 Å². The van der Waals surface area contributed by atoms with Gasteiger partial charge in [-0.05, 0) is 30.4 Å². The lowest BCUT2D eigenvalue weighted by molar-refractivity contribution is 0.738. The lowest BCUT2D eigenvalue weighted by atomic mass is 10.00. The zero-order valence-electron chi connectivity index (χ0n) is 6.91. The average molecular weight is 226 g/mol. The summed E-state index contributed by atoms with van der Waals surface area (Å²) < 4.78 is 0. The van der Waals surface area contributed by atoms with Crippen LogP contribution in [0, 0.1) is 0 Å². The highest BCUT2D eigenvalue weighted by Gasteiger charge is 2.25. The van der Waals surface area contributed by atoms with Crippen molar-refractivity contribution in [3.05, 3.63) is 30.1 Å². The van der Waals surface area contributed by atoms with Gasteiger partial charge in [0.1, 0.15) is 0 Å². The summed E-state index contributed by atoms with van der Waals surface area (Å²) in [7, 11) is 0. The Bertz CT molecular complexity index is 247. The zero-order valence-corrected chi connectivity index (χ0v) is 8.50. The largest absolute Gasteiger partial charge is 0.264 e. The first-order valence-electron chi connectivity index (χ1n) is 4.42. The van der Waals surface area contributed by atoms with Gasteiger partial charge in [0.05, 0.1) is 0 Å². The fourth-order valence-corrected chi connectivity index (χ4v) is 2.78. The van der Waals surface area contributed by atoms with Gasteiger partial charge in [0.15, 0.2) is 0 Å². The molecule has 1 aliphatic rings. The molecular weight excluding hydrogens is 214 g/mol. The average Bonchev–Trinajstić information content (AvgIpc) is 2.53. The van der Waals surface area contributed by atoms with Crippen molar-refractivity contribution >= 4 is 15.9 Å². The van der Waals surface area contributed by atoms with Crippen molar-refractivity contribution in [3.8, 4) is 0 Å². The molecule has 2 atom stereocenters. The molecule has 0 spiro atoms. The summed E-state index contributed by atoms with van der Waals surface area (Å²) in [6, 6.07) is 4.20. The molecule has 1 saturated carbocycles. The lowest BCUT2D eigenvalue weighted by Gasteiger charge is -2.12. The van der Waals surface area contributed by atoms with Crippen molar-refractivity contribution in [2.75, 3.05) is 0 Å². The van der Waals surface area contributed by atoms with Crippen LogP contribution in [0.5, 0.6) is 0 Å². The van der Waals surface area contributed by atoms with Gasteiger partial charge in [0, 0.05) is 17.2 Å². The van der Waals surface area contributed by atoms with Crippen LogP contribution in [-0.2, 0) is 0 Å². The van der Waals surface area contributed by atoms with Crippen LogP contribution in [0.25, 0.3) is 0 Å². The molecule has 1 fully saturated rings. The molecule has 64 valence electrons. The summed E-state index contributed by atoms with van der Waals surface area (Å²) >= 11 is 3.71. The Kier molecular flexibility index (Phi) is 2.45. The Morgan fingerprint density at radius 3 is 2.92 bits per heavy atom. The van der Waals surface area contributed by atoms with E-state index in [-0.39, 0.29) is 0 Å². The van der Waals surface area contributed by atoms with Crippen LogP contribution in [0.15, 0.2) is 24.5 Å². The third-order valence-corrected chi connectivity index (χ3v) is 3.64. The monoisotopic (exact) mass is 225 g/mol. The number of pyridine rings is 1. The fraction of sp³-hybridized carbons (Fsp3) is 0.500. The van der Waals surface area contributed by atoms with Crippen molar-refractivity contribution in [2.45, 2.75) is 30.0 Å². The molecule has 12 heavy (non-hydrogen) atoms. The van der Waals surface area contributed by atoms with Gasteiger partial charge in [0.2, 0.25) is 0 Å². The molecule has 1 aromatic rings. The van der Waals surface area contributed by atoms with E-state index in [4.69, 9.17) is 0 Å². The molecule has 2 unspecified atom stereocenters. The number of hydrogen-bond donors (Lipinski definition) is 0. The second kappa shape index (κ2) is 3.56. The van der Waals surface area contributed by atoms with Gasteiger partial charge in [-0.3, -0.25) is 4.98 Å². The van der Waals surface area contributed by atoms with Crippen molar-refractivity contribution in [2.24, 2.45) is 0 Å². The van der Waals surface area contributed by atoms with Crippen LogP contribution >= 0.6 is 15.9 Å². The fourth-order valence-electron chi connectivity index (χ4n) is 1.89. The highest BCUT2D eigenvalue weighted by molar-refractivity contribution is 9.09. The number of hydrogen-bond acceptors (Lipinski definition) is 1. The van der Waals surface area contributed by atoms with E-state index >= 15 is 0 Å². The van der Waals surface area contributed by atoms with Gasteiger partial charge in [-0.2, -0.15) is 0 Å². The quantitative estimate of drug-likeness (QED) is 0.670. The minimum Gasteiger partial charge on any atom is -0.264 e. The van der Waals surface area contributed by atoms with Crippen LogP contribution in [0.1, 0.15) is 30.7 Å². The van der Waals surface area contributed by atoms with Gasteiger partial charge in [-0.15, -0.1) is 0 Å². The van der Waals surface area contributed by atoms with Crippen LogP contribution in [-0.4, -0.2) is 9.81 Å². The third kappa shape index (κ3) is 1.53. The second-order valence-electron chi connectivity index (χ2n) is 3.34. The van der Waals surface area contributed by atoms with Crippen molar-refractivity contribution in [1.29, 1.82) is 0 Å². The van der Waals surface area contributed by atoms with Gasteiger partial charge < -0.3 is 0 Å². The Labute approximate surface area is 81.3 Å². The normalized spacial score (nSPS) is 29.1. The standard InChI is InChI=1S/C10H12BrN/c11-10-5-1-4-9(10)8-3-2-6-12-7-8/h2-3,6-7,9-10H,1,4-5H2. The lowest BCUT2D eigenvalue weighted by Crippen LogP contribution is -2.04. The predicted octanol–water partition coefficient (Wildman–Crippen LogP) is 3.11. The Morgan fingerprint density at radius 2 is 2.33 bits per heavy atom. The minimum atomic E-state index is 0.668. The molecule has 2 heteroatoms. The van der Waals surface area contributed by atoms with E-state index < -0.39 is 0 Å². The molecule has 0 saturated heterocycles. The number of nitrogens with zero attached hydrogens (tertiary/aromatic N) is 1. The summed E-state index contributed by atoms with van der Waals surface area (Å²) in [5.41, 5.74) is 1.39. The molecule has 1 aliphatic carbocycles. The SMILES string of the molecule is BrC1CCCC1c1cccnc1. The molecule has 0 amide bonds. The maximum atomic E-state index is 4.14. The molecular formula is C10H12BrN. The van der Waals surface area contributed by atoms with Gasteiger partial charge >= 0.3 is 0 Å². The molecule has 1 heterocycles. The minimum absolute atomic E-state index is 0.668. The highest BCUT2D eigenvalue weighted by atomic mass is 79.9. The molecule has 0 bridgehead atoms. The predicted molar refractivity (Wildman–Crippen MR) is 53.5 cm³/mol. The maximum Gasteiger partial charge on any atom is 0.0303 e. The van der Waals surface area contributed by atoms with E-state index in [1.807, 2.05) is 18.5 Å². The molecule has 0 aromatic carbocycles. The summed E-state index contributed by atoms with van der Waals surface area (Å²) in [6.45, 7) is 0. The summed E-state index contributed by atoms with van der Waals surface area (Å²) in [5, 5.41) is 0. The summed E-state index contributed by atoms with van der Waals surface area (Å²) in [5.74, 6) is 0.693. The number of aromatic nitrogens is 1. The molecule has 1 nitrogen and oxygen atoms in total. The Hall–Kier alpha value is -0.370. The van der Waals surface area contributed by atoms with Crippen LogP contribution in [0.4, 0.5) is 0 Å². The first kappa shape index (κ1) is 8.24. The molecule has 2 rings (SSSR count). The van der Waals surface area contributed by atoms with E-state index in [2.05, 4.69) is 27.0 Å². The van der Waals surface area contributed by atoms with Crippen LogP contribution < -0.4 is 0 Å². The highest BCUT2D eigenvalue weighted by Crippen LogP contribution is 2.38. The van der Waals surface area contributed by atoms with E-state index in [0.717, 1.165) is 0 Å². The van der Waals surface area contributed by atoms with E-state index in [9.17, 15) is 0 Å². The first-order chi connectivity index (χ1) is 5.88. The van der Waals surface area contributed by atoms with Gasteiger partial charge in [-0.1, -0.05) is 28.4 Å². The molecule has 0 radical (unpaired) electrons. The number of rotatable bonds is 1. The van der Waals surface area contributed by atoms with E-state index in [0.29, 0.717) is 10.7 Å². The van der Waals surface area contributed by atoms with Crippen LogP contribution in [0.2, 0.25) is 0 Å². The van der Waals surface area contributed by atoms with E-state index in [1.54, 1.807) is 0 Å². The Morgan fingerprint density at radius 1 is 1.42 bits per heavy atom. The molecule has 0 aliphatic heterocycles. The Balaban J connectivity index is 2.19. The third-order valence-electron chi connectivity index (χ3n) is 2.54.